The van der Waals surface area contributed by atoms with E-state index in [1.165, 1.54) is 6.92 Å². The molecule has 0 aliphatic heterocycles. The van der Waals surface area contributed by atoms with Crippen LogP contribution >= 0.6 is 22.9 Å². The van der Waals surface area contributed by atoms with E-state index < -0.39 is 41.3 Å². The molecule has 1 aromatic heterocycles. The van der Waals surface area contributed by atoms with Crippen molar-refractivity contribution in [2.75, 3.05) is 26.4 Å². The van der Waals surface area contributed by atoms with Crippen molar-refractivity contribution in [3.63, 3.8) is 0 Å². The standard InChI is InChI=1S/C25H38ClNO8S/c1-5-8-13-33-22(30)20(23(31)34-14-9-6-2)25(4,24(32)35-15-10-7-3)27-16-17(21(28)29)18-11-12-19(26)36-18/h11-12,17,20,27H,5-10,13-16H2,1-4H3,(H,28,29)/t17-,25?/m1/s1. The minimum absolute atomic E-state index is 0.0699. The third-order valence-corrected chi connectivity index (χ3v) is 6.94. The molecule has 2 atom stereocenters. The number of ether oxygens (including phenoxy) is 3. The molecule has 0 aliphatic rings. The maximum absolute atomic E-state index is 13.3. The third kappa shape index (κ3) is 9.71. The second-order valence-electron chi connectivity index (χ2n) is 8.58. The predicted molar refractivity (Wildman–Crippen MR) is 137 cm³/mol. The van der Waals surface area contributed by atoms with Crippen LogP contribution < -0.4 is 5.32 Å². The van der Waals surface area contributed by atoms with Crippen LogP contribution in [0.2, 0.25) is 4.34 Å². The molecule has 0 bridgehead atoms. The summed E-state index contributed by atoms with van der Waals surface area (Å²) in [4.78, 5) is 52.0. The van der Waals surface area contributed by atoms with E-state index in [0.29, 0.717) is 28.5 Å². The van der Waals surface area contributed by atoms with E-state index in [2.05, 4.69) is 5.32 Å². The summed E-state index contributed by atoms with van der Waals surface area (Å²) in [5.41, 5.74) is -1.94. The Labute approximate surface area is 221 Å². The van der Waals surface area contributed by atoms with Crippen molar-refractivity contribution in [3.05, 3.63) is 21.3 Å². The Balaban J connectivity index is 3.34. The number of hydrogen-bond donors (Lipinski definition) is 2. The highest BCUT2D eigenvalue weighted by atomic mass is 35.5. The third-order valence-electron chi connectivity index (χ3n) is 5.60. The van der Waals surface area contributed by atoms with Crippen LogP contribution in [0, 0.1) is 5.92 Å². The molecule has 0 spiro atoms. The summed E-state index contributed by atoms with van der Waals surface area (Å²) in [5.74, 6) is -6.67. The smallest absolute Gasteiger partial charge is 0.327 e. The van der Waals surface area contributed by atoms with Gasteiger partial charge < -0.3 is 19.3 Å². The molecule has 36 heavy (non-hydrogen) atoms. The SMILES string of the molecule is CCCCOC(=O)C(C(=O)OCCCC)C(C)(NC[C@@H](C(=O)O)c1ccc(Cl)s1)C(=O)OCCCC. The lowest BCUT2D eigenvalue weighted by Gasteiger charge is -2.34. The number of esters is 3. The summed E-state index contributed by atoms with van der Waals surface area (Å²) in [6, 6.07) is 3.16. The van der Waals surface area contributed by atoms with Gasteiger partial charge in [0.1, 0.15) is 11.5 Å². The Morgan fingerprint density at radius 1 is 0.944 bits per heavy atom. The number of carboxylic acids is 1. The zero-order valence-corrected chi connectivity index (χ0v) is 23.0. The van der Waals surface area contributed by atoms with Crippen molar-refractivity contribution in [3.8, 4) is 0 Å². The van der Waals surface area contributed by atoms with Gasteiger partial charge >= 0.3 is 23.9 Å². The summed E-state index contributed by atoms with van der Waals surface area (Å²) in [6.45, 7) is 7.06. The van der Waals surface area contributed by atoms with Crippen LogP contribution in [0.1, 0.15) is 77.0 Å². The lowest BCUT2D eigenvalue weighted by atomic mass is 9.84. The number of carbonyl (C=O) groups excluding carboxylic acids is 3. The molecule has 0 aliphatic carbocycles. The Hall–Kier alpha value is -2.17. The number of carboxylic acid groups (broad SMARTS) is 1. The highest BCUT2D eigenvalue weighted by Gasteiger charge is 2.53. The van der Waals surface area contributed by atoms with Gasteiger partial charge in [0, 0.05) is 11.4 Å². The maximum Gasteiger partial charge on any atom is 0.327 e. The second kappa shape index (κ2) is 16.6. The number of halogens is 1. The van der Waals surface area contributed by atoms with Gasteiger partial charge in [-0.2, -0.15) is 0 Å². The Morgan fingerprint density at radius 3 is 1.86 bits per heavy atom. The first-order valence-electron chi connectivity index (χ1n) is 12.4. The Bertz CT molecular complexity index is 839. The van der Waals surface area contributed by atoms with E-state index in [9.17, 15) is 24.3 Å². The fraction of sp³-hybridized carbons (Fsp3) is 0.680. The summed E-state index contributed by atoms with van der Waals surface area (Å²) < 4.78 is 16.4. The largest absolute Gasteiger partial charge is 0.481 e. The van der Waals surface area contributed by atoms with Crippen molar-refractivity contribution in [1.29, 1.82) is 0 Å². The van der Waals surface area contributed by atoms with Gasteiger partial charge in [0.25, 0.3) is 0 Å². The molecule has 0 saturated heterocycles. The van der Waals surface area contributed by atoms with Crippen LogP contribution in [-0.2, 0) is 33.4 Å². The van der Waals surface area contributed by atoms with Crippen LogP contribution in [0.3, 0.4) is 0 Å². The van der Waals surface area contributed by atoms with Gasteiger partial charge in [0.05, 0.1) is 24.2 Å². The molecule has 0 aromatic carbocycles. The fourth-order valence-electron chi connectivity index (χ4n) is 3.26. The van der Waals surface area contributed by atoms with Crippen LogP contribution in [0.25, 0.3) is 0 Å². The van der Waals surface area contributed by atoms with Crippen molar-refractivity contribution in [1.82, 2.24) is 5.32 Å². The molecule has 11 heteroatoms. The zero-order valence-electron chi connectivity index (χ0n) is 21.5. The van der Waals surface area contributed by atoms with E-state index in [4.69, 9.17) is 25.8 Å². The number of nitrogens with one attached hydrogen (secondary N) is 1. The summed E-state index contributed by atoms with van der Waals surface area (Å²) in [7, 11) is 0. The molecule has 0 saturated carbocycles. The molecule has 1 rings (SSSR count). The van der Waals surface area contributed by atoms with Gasteiger partial charge in [-0.25, -0.2) is 0 Å². The molecular weight excluding hydrogens is 510 g/mol. The van der Waals surface area contributed by atoms with E-state index in [1.807, 2.05) is 20.8 Å². The number of thiophene rings is 1. The zero-order chi connectivity index (χ0) is 27.1. The van der Waals surface area contributed by atoms with Gasteiger partial charge in [-0.1, -0.05) is 51.6 Å². The molecule has 2 N–H and O–H groups in total. The molecule has 1 aromatic rings. The number of aliphatic carboxylic acids is 1. The highest BCUT2D eigenvalue weighted by Crippen LogP contribution is 2.30. The summed E-state index contributed by atoms with van der Waals surface area (Å²) >= 11 is 7.08. The van der Waals surface area contributed by atoms with Gasteiger partial charge in [-0.15, -0.1) is 11.3 Å². The van der Waals surface area contributed by atoms with E-state index in [-0.39, 0.29) is 26.4 Å². The minimum Gasteiger partial charge on any atom is -0.481 e. The van der Waals surface area contributed by atoms with Crippen LogP contribution in [0.15, 0.2) is 12.1 Å². The van der Waals surface area contributed by atoms with Gasteiger partial charge in [0.15, 0.2) is 5.92 Å². The first-order chi connectivity index (χ1) is 17.1. The molecule has 0 radical (unpaired) electrons. The predicted octanol–water partition coefficient (Wildman–Crippen LogP) is 4.56. The monoisotopic (exact) mass is 547 g/mol. The van der Waals surface area contributed by atoms with Crippen molar-refractivity contribution < 1.29 is 38.5 Å². The van der Waals surface area contributed by atoms with Crippen LogP contribution in [0.5, 0.6) is 0 Å². The van der Waals surface area contributed by atoms with Crippen molar-refractivity contribution in [2.24, 2.45) is 5.92 Å². The molecule has 1 unspecified atom stereocenters. The average molecular weight is 548 g/mol. The van der Waals surface area contributed by atoms with Crippen LogP contribution in [0.4, 0.5) is 0 Å². The molecule has 9 nitrogen and oxygen atoms in total. The molecular formula is C25H38ClNO8S. The average Bonchev–Trinajstić information content (AvgIpc) is 3.25. The van der Waals surface area contributed by atoms with Gasteiger partial charge in [-0.3, -0.25) is 24.5 Å². The van der Waals surface area contributed by atoms with Crippen LogP contribution in [-0.4, -0.2) is 60.9 Å². The summed E-state index contributed by atoms with van der Waals surface area (Å²) in [5, 5.41) is 12.7. The van der Waals surface area contributed by atoms with E-state index in [0.717, 1.165) is 30.6 Å². The minimum atomic E-state index is -1.94. The lowest BCUT2D eigenvalue weighted by molar-refractivity contribution is -0.174. The Kier molecular flexibility index (Phi) is 14.6. The number of carbonyl (C=O) groups is 4. The lowest BCUT2D eigenvalue weighted by Crippen LogP contribution is -2.62. The number of unbranched alkanes of at least 4 members (excludes halogenated alkanes) is 3. The second-order valence-corrected chi connectivity index (χ2v) is 10.3. The molecule has 0 amide bonds. The number of hydrogen-bond acceptors (Lipinski definition) is 9. The normalized spacial score (nSPS) is 13.6. The first-order valence-corrected chi connectivity index (χ1v) is 13.5. The maximum atomic E-state index is 13.3. The molecule has 1 heterocycles. The van der Waals surface area contributed by atoms with Crippen molar-refractivity contribution in [2.45, 2.75) is 77.7 Å². The first kappa shape index (κ1) is 31.9. The van der Waals surface area contributed by atoms with Crippen molar-refractivity contribution >= 4 is 46.8 Å². The Morgan fingerprint density at radius 2 is 1.44 bits per heavy atom. The molecule has 204 valence electrons. The van der Waals surface area contributed by atoms with E-state index in [1.54, 1.807) is 12.1 Å². The van der Waals surface area contributed by atoms with Gasteiger partial charge in [-0.05, 0) is 38.3 Å². The number of rotatable bonds is 18. The highest BCUT2D eigenvalue weighted by molar-refractivity contribution is 7.16. The summed E-state index contributed by atoms with van der Waals surface area (Å²) in [6.07, 6.45) is 4.02. The van der Waals surface area contributed by atoms with E-state index >= 15 is 0 Å². The fourth-order valence-corrected chi connectivity index (χ4v) is 4.41. The molecule has 0 fully saturated rings. The van der Waals surface area contributed by atoms with Gasteiger partial charge in [0.2, 0.25) is 0 Å². The topological polar surface area (TPSA) is 128 Å². The quantitative estimate of drug-likeness (QED) is 0.117.